The van der Waals surface area contributed by atoms with Crippen LogP contribution in [-0.4, -0.2) is 20.0 Å². The van der Waals surface area contributed by atoms with E-state index >= 15 is 0 Å². The van der Waals surface area contributed by atoms with E-state index < -0.39 is 0 Å². The van der Waals surface area contributed by atoms with Gasteiger partial charge in [0.25, 0.3) is 0 Å². The maximum atomic E-state index is 8.89. The molecule has 3 aromatic rings. The molecule has 0 atom stereocenters. The molecule has 5 heteroatoms. The Bertz CT molecular complexity index is 740. The Balaban J connectivity index is 2.00. The van der Waals surface area contributed by atoms with Crippen LogP contribution in [0, 0.1) is 11.3 Å². The van der Waals surface area contributed by atoms with Gasteiger partial charge in [0.2, 0.25) is 0 Å². The molecule has 2 heterocycles. The van der Waals surface area contributed by atoms with Crippen molar-refractivity contribution < 1.29 is 0 Å². The summed E-state index contributed by atoms with van der Waals surface area (Å²) in [7, 11) is 0. The van der Waals surface area contributed by atoms with Gasteiger partial charge in [0, 0.05) is 11.8 Å². The van der Waals surface area contributed by atoms with Crippen molar-refractivity contribution >= 4 is 0 Å². The molecule has 0 unspecified atom stereocenters. The zero-order valence-corrected chi connectivity index (χ0v) is 9.93. The van der Waals surface area contributed by atoms with Gasteiger partial charge in [0.1, 0.15) is 5.69 Å². The summed E-state index contributed by atoms with van der Waals surface area (Å²) in [5, 5.41) is 17.1. The van der Waals surface area contributed by atoms with Crippen LogP contribution in [0.5, 0.6) is 0 Å². The predicted octanol–water partition coefficient (Wildman–Crippen LogP) is 2.20. The first-order valence-electron chi connectivity index (χ1n) is 5.70. The minimum atomic E-state index is 0.605. The van der Waals surface area contributed by atoms with Gasteiger partial charge in [-0.1, -0.05) is 17.3 Å². The molecule has 90 valence electrons. The van der Waals surface area contributed by atoms with Crippen LogP contribution in [0.3, 0.4) is 0 Å². The van der Waals surface area contributed by atoms with Crippen molar-refractivity contribution in [2.24, 2.45) is 0 Å². The van der Waals surface area contributed by atoms with Crippen LogP contribution in [0.1, 0.15) is 5.56 Å². The van der Waals surface area contributed by atoms with Crippen LogP contribution in [-0.2, 0) is 0 Å². The van der Waals surface area contributed by atoms with E-state index in [1.807, 2.05) is 30.5 Å². The Morgan fingerprint density at radius 3 is 2.89 bits per heavy atom. The molecule has 0 aliphatic carbocycles. The van der Waals surface area contributed by atoms with Crippen LogP contribution >= 0.6 is 0 Å². The molecule has 3 rings (SSSR count). The topological polar surface area (TPSA) is 67.4 Å². The third-order valence-corrected chi connectivity index (χ3v) is 2.69. The molecule has 0 spiro atoms. The summed E-state index contributed by atoms with van der Waals surface area (Å²) < 4.78 is 1.65. The second-order valence-electron chi connectivity index (χ2n) is 3.95. The van der Waals surface area contributed by atoms with E-state index in [0.29, 0.717) is 5.56 Å². The molecular weight excluding hydrogens is 238 g/mol. The lowest BCUT2D eigenvalue weighted by molar-refractivity contribution is 0.800. The highest BCUT2D eigenvalue weighted by Gasteiger charge is 2.05. The van der Waals surface area contributed by atoms with Crippen molar-refractivity contribution in [1.82, 2.24) is 20.0 Å². The number of aromatic nitrogens is 4. The summed E-state index contributed by atoms with van der Waals surface area (Å²) in [5.41, 5.74) is 3.04. The molecule has 0 bridgehead atoms. The van der Waals surface area contributed by atoms with E-state index in [4.69, 9.17) is 5.26 Å². The third kappa shape index (κ3) is 2.19. The van der Waals surface area contributed by atoms with Crippen molar-refractivity contribution in [2.75, 3.05) is 0 Å². The first-order chi connectivity index (χ1) is 9.36. The Labute approximate surface area is 109 Å². The van der Waals surface area contributed by atoms with Crippen molar-refractivity contribution in [3.63, 3.8) is 0 Å². The Morgan fingerprint density at radius 2 is 2.11 bits per heavy atom. The van der Waals surface area contributed by atoms with Gasteiger partial charge in [-0.05, 0) is 24.3 Å². The molecule has 19 heavy (non-hydrogen) atoms. The summed E-state index contributed by atoms with van der Waals surface area (Å²) >= 11 is 0. The molecule has 0 fully saturated rings. The summed E-state index contributed by atoms with van der Waals surface area (Å²) in [5.74, 6) is 0. The SMILES string of the molecule is N#Cc1cccc(-c2cn(-c3cccnc3)nn2)c1. The number of benzene rings is 1. The highest BCUT2D eigenvalue weighted by molar-refractivity contribution is 5.60. The zero-order valence-electron chi connectivity index (χ0n) is 9.93. The van der Waals surface area contributed by atoms with Crippen molar-refractivity contribution in [2.45, 2.75) is 0 Å². The molecule has 0 saturated carbocycles. The standard InChI is InChI=1S/C14H9N5/c15-8-11-3-1-4-12(7-11)14-10-19(18-17-14)13-5-2-6-16-9-13/h1-7,9-10H. The van der Waals surface area contributed by atoms with Gasteiger partial charge in [0.15, 0.2) is 0 Å². The predicted molar refractivity (Wildman–Crippen MR) is 69.3 cm³/mol. The monoisotopic (exact) mass is 247 g/mol. The second-order valence-corrected chi connectivity index (χ2v) is 3.95. The third-order valence-electron chi connectivity index (χ3n) is 2.69. The van der Waals surface area contributed by atoms with Crippen LogP contribution in [0.4, 0.5) is 0 Å². The number of hydrogen-bond acceptors (Lipinski definition) is 4. The molecule has 0 saturated heterocycles. The lowest BCUT2D eigenvalue weighted by Crippen LogP contribution is -1.94. The van der Waals surface area contributed by atoms with E-state index in [0.717, 1.165) is 16.9 Å². The number of nitriles is 1. The smallest absolute Gasteiger partial charge is 0.113 e. The van der Waals surface area contributed by atoms with E-state index in [2.05, 4.69) is 21.4 Å². The Hall–Kier alpha value is -3.00. The van der Waals surface area contributed by atoms with E-state index in [-0.39, 0.29) is 0 Å². The van der Waals surface area contributed by atoms with Crippen LogP contribution < -0.4 is 0 Å². The molecule has 2 aromatic heterocycles. The van der Waals surface area contributed by atoms with Crippen LogP contribution in [0.25, 0.3) is 16.9 Å². The molecule has 0 N–H and O–H groups in total. The lowest BCUT2D eigenvalue weighted by Gasteiger charge is -1.97. The normalized spacial score (nSPS) is 10.1. The summed E-state index contributed by atoms with van der Waals surface area (Å²) in [6.07, 6.45) is 5.23. The van der Waals surface area contributed by atoms with Gasteiger partial charge in [-0.2, -0.15) is 5.26 Å². The van der Waals surface area contributed by atoms with Gasteiger partial charge in [-0.3, -0.25) is 4.98 Å². The summed E-state index contributed by atoms with van der Waals surface area (Å²) in [6, 6.07) is 13.1. The molecule has 1 aromatic carbocycles. The Morgan fingerprint density at radius 1 is 1.16 bits per heavy atom. The lowest BCUT2D eigenvalue weighted by atomic mass is 10.1. The highest BCUT2D eigenvalue weighted by Crippen LogP contribution is 2.18. The second kappa shape index (κ2) is 4.70. The average Bonchev–Trinajstić information content (AvgIpc) is 2.98. The number of rotatable bonds is 2. The van der Waals surface area contributed by atoms with Crippen LogP contribution in [0.15, 0.2) is 55.0 Å². The fourth-order valence-corrected chi connectivity index (χ4v) is 1.76. The highest BCUT2D eigenvalue weighted by atomic mass is 15.4. The molecule has 0 aliphatic heterocycles. The van der Waals surface area contributed by atoms with Gasteiger partial charge in [0.05, 0.1) is 29.7 Å². The molecular formula is C14H9N5. The van der Waals surface area contributed by atoms with Gasteiger partial charge in [-0.15, -0.1) is 5.10 Å². The maximum Gasteiger partial charge on any atom is 0.113 e. The van der Waals surface area contributed by atoms with Crippen molar-refractivity contribution in [1.29, 1.82) is 5.26 Å². The summed E-state index contributed by atoms with van der Waals surface area (Å²) in [4.78, 5) is 4.04. The largest absolute Gasteiger partial charge is 0.262 e. The summed E-state index contributed by atoms with van der Waals surface area (Å²) in [6.45, 7) is 0. The Kier molecular flexibility index (Phi) is 2.75. The number of pyridine rings is 1. The van der Waals surface area contributed by atoms with E-state index in [9.17, 15) is 0 Å². The molecule has 0 radical (unpaired) electrons. The van der Waals surface area contributed by atoms with Crippen molar-refractivity contribution in [3.05, 3.63) is 60.6 Å². The molecule has 0 aliphatic rings. The zero-order chi connectivity index (χ0) is 13.1. The van der Waals surface area contributed by atoms with Gasteiger partial charge >= 0.3 is 0 Å². The maximum absolute atomic E-state index is 8.89. The minimum Gasteiger partial charge on any atom is -0.262 e. The fraction of sp³-hybridized carbons (Fsp3) is 0. The molecule has 5 nitrogen and oxygen atoms in total. The minimum absolute atomic E-state index is 0.605. The van der Waals surface area contributed by atoms with E-state index in [1.165, 1.54) is 0 Å². The quantitative estimate of drug-likeness (QED) is 0.696. The average molecular weight is 247 g/mol. The van der Waals surface area contributed by atoms with E-state index in [1.54, 1.807) is 29.2 Å². The first kappa shape index (κ1) is 11.1. The van der Waals surface area contributed by atoms with Gasteiger partial charge in [-0.25, -0.2) is 4.68 Å². The van der Waals surface area contributed by atoms with Crippen molar-refractivity contribution in [3.8, 4) is 23.0 Å². The molecule has 0 amide bonds. The first-order valence-corrected chi connectivity index (χ1v) is 5.70. The van der Waals surface area contributed by atoms with Gasteiger partial charge < -0.3 is 0 Å². The van der Waals surface area contributed by atoms with Crippen LogP contribution in [0.2, 0.25) is 0 Å². The number of nitrogens with zero attached hydrogens (tertiary/aromatic N) is 5. The number of hydrogen-bond donors (Lipinski definition) is 0. The fourth-order valence-electron chi connectivity index (χ4n) is 1.76.